The van der Waals surface area contributed by atoms with Crippen LogP contribution in [-0.4, -0.2) is 12.6 Å². The minimum atomic E-state index is 0.151. The summed E-state index contributed by atoms with van der Waals surface area (Å²) in [6.07, 6.45) is 7.04. The van der Waals surface area contributed by atoms with Gasteiger partial charge in [0, 0.05) is 12.2 Å². The Bertz CT molecular complexity index is 400. The van der Waals surface area contributed by atoms with E-state index in [4.69, 9.17) is 16.3 Å². The fourth-order valence-corrected chi connectivity index (χ4v) is 2.84. The summed E-state index contributed by atoms with van der Waals surface area (Å²) in [5, 5.41) is 4.18. The number of halogens is 1. The molecule has 0 heterocycles. The molecule has 1 aromatic carbocycles. The highest BCUT2D eigenvalue weighted by molar-refractivity contribution is 6.32. The summed E-state index contributed by atoms with van der Waals surface area (Å²) in [5.74, 6) is 1.58. The zero-order valence-corrected chi connectivity index (χ0v) is 12.7. The predicted molar refractivity (Wildman–Crippen MR) is 82.3 cm³/mol. The van der Waals surface area contributed by atoms with Gasteiger partial charge in [0.1, 0.15) is 5.75 Å². The zero-order chi connectivity index (χ0) is 13.7. The maximum Gasteiger partial charge on any atom is 0.138 e. The van der Waals surface area contributed by atoms with Gasteiger partial charge in [0.15, 0.2) is 0 Å². The first-order chi connectivity index (χ1) is 9.15. The fourth-order valence-electron chi connectivity index (χ4n) is 2.61. The van der Waals surface area contributed by atoms with Gasteiger partial charge in [-0.15, -0.1) is 0 Å². The van der Waals surface area contributed by atoms with Crippen LogP contribution in [0.1, 0.15) is 46.0 Å². The molecular weight excluding hydrogens is 258 g/mol. The highest BCUT2D eigenvalue weighted by Crippen LogP contribution is 2.29. The molecule has 0 spiro atoms. The molecule has 1 aliphatic rings. The third kappa shape index (κ3) is 4.61. The number of rotatable bonds is 5. The Hall–Kier alpha value is -0.890. The Morgan fingerprint density at radius 3 is 2.63 bits per heavy atom. The van der Waals surface area contributed by atoms with Gasteiger partial charge in [-0.2, -0.15) is 0 Å². The van der Waals surface area contributed by atoms with Crippen molar-refractivity contribution in [1.82, 2.24) is 0 Å². The monoisotopic (exact) mass is 281 g/mol. The molecule has 106 valence electrons. The first-order valence-corrected chi connectivity index (χ1v) is 7.73. The van der Waals surface area contributed by atoms with Crippen LogP contribution in [0, 0.1) is 5.92 Å². The van der Waals surface area contributed by atoms with Gasteiger partial charge in [-0.05, 0) is 50.8 Å². The third-order valence-corrected chi connectivity index (χ3v) is 3.91. The van der Waals surface area contributed by atoms with E-state index in [0.29, 0.717) is 5.02 Å². The highest BCUT2D eigenvalue weighted by Gasteiger charge is 2.13. The molecule has 2 nitrogen and oxygen atoms in total. The van der Waals surface area contributed by atoms with Crippen molar-refractivity contribution in [3.63, 3.8) is 0 Å². The van der Waals surface area contributed by atoms with Gasteiger partial charge >= 0.3 is 0 Å². The predicted octanol–water partition coefficient (Wildman–Crippen LogP) is 5.12. The largest absolute Gasteiger partial charge is 0.489 e. The third-order valence-electron chi connectivity index (χ3n) is 3.61. The molecule has 0 aliphatic heterocycles. The molecule has 0 unspecified atom stereocenters. The molecular formula is C16H24ClNO. The van der Waals surface area contributed by atoms with E-state index in [2.05, 4.69) is 5.32 Å². The molecule has 1 N–H and O–H groups in total. The smallest absolute Gasteiger partial charge is 0.138 e. The van der Waals surface area contributed by atoms with Crippen molar-refractivity contribution in [2.45, 2.75) is 52.1 Å². The number of benzene rings is 1. The van der Waals surface area contributed by atoms with Crippen LogP contribution in [0.3, 0.4) is 0 Å². The van der Waals surface area contributed by atoms with E-state index < -0.39 is 0 Å². The maximum absolute atomic E-state index is 6.23. The second-order valence-corrected chi connectivity index (χ2v) is 6.10. The lowest BCUT2D eigenvalue weighted by atomic mass is 9.89. The van der Waals surface area contributed by atoms with E-state index >= 15 is 0 Å². The summed E-state index contributed by atoms with van der Waals surface area (Å²) in [5.41, 5.74) is 1.09. The van der Waals surface area contributed by atoms with E-state index in [1.165, 1.54) is 32.1 Å². The molecule has 0 saturated heterocycles. The van der Waals surface area contributed by atoms with Crippen LogP contribution in [0.5, 0.6) is 5.75 Å². The number of nitrogens with one attached hydrogen (secondary N) is 1. The van der Waals surface area contributed by atoms with Crippen molar-refractivity contribution in [2.24, 2.45) is 5.92 Å². The molecule has 1 saturated carbocycles. The average Bonchev–Trinajstić information content (AvgIpc) is 2.40. The summed E-state index contributed by atoms with van der Waals surface area (Å²) in [7, 11) is 0. The van der Waals surface area contributed by atoms with Crippen molar-refractivity contribution in [1.29, 1.82) is 0 Å². The van der Waals surface area contributed by atoms with E-state index in [1.807, 2.05) is 32.0 Å². The summed E-state index contributed by atoms with van der Waals surface area (Å²) >= 11 is 6.23. The first kappa shape index (κ1) is 14.5. The molecule has 0 bridgehead atoms. The summed E-state index contributed by atoms with van der Waals surface area (Å²) < 4.78 is 5.63. The molecule has 0 amide bonds. The number of hydrogen-bond acceptors (Lipinski definition) is 2. The Labute approximate surface area is 121 Å². The van der Waals surface area contributed by atoms with Crippen LogP contribution in [0.2, 0.25) is 5.02 Å². The molecule has 0 radical (unpaired) electrons. The summed E-state index contributed by atoms with van der Waals surface area (Å²) in [4.78, 5) is 0. The lowest BCUT2D eigenvalue weighted by molar-refractivity contribution is 0.242. The second-order valence-electron chi connectivity index (χ2n) is 5.70. The van der Waals surface area contributed by atoms with Crippen molar-refractivity contribution in [2.75, 3.05) is 11.9 Å². The summed E-state index contributed by atoms with van der Waals surface area (Å²) in [6.45, 7) is 5.07. The van der Waals surface area contributed by atoms with Crippen molar-refractivity contribution in [3.8, 4) is 5.75 Å². The topological polar surface area (TPSA) is 21.3 Å². The van der Waals surface area contributed by atoms with Crippen LogP contribution >= 0.6 is 11.6 Å². The first-order valence-electron chi connectivity index (χ1n) is 7.35. The van der Waals surface area contributed by atoms with Crippen molar-refractivity contribution >= 4 is 17.3 Å². The molecule has 2 rings (SSSR count). The van der Waals surface area contributed by atoms with Crippen molar-refractivity contribution in [3.05, 3.63) is 23.2 Å². The standard InChI is InChI=1S/C16H24ClNO/c1-12(2)19-16-9-8-14(10-15(16)17)18-11-13-6-4-3-5-7-13/h8-10,12-13,18H,3-7,11H2,1-2H3. The number of anilines is 1. The van der Waals surface area contributed by atoms with Gasteiger partial charge in [-0.1, -0.05) is 30.9 Å². The molecule has 0 aromatic heterocycles. The summed E-state index contributed by atoms with van der Waals surface area (Å²) in [6, 6.07) is 5.96. The quantitative estimate of drug-likeness (QED) is 0.809. The van der Waals surface area contributed by atoms with Gasteiger partial charge in [0.2, 0.25) is 0 Å². The molecule has 3 heteroatoms. The zero-order valence-electron chi connectivity index (χ0n) is 11.9. The van der Waals surface area contributed by atoms with E-state index in [1.54, 1.807) is 0 Å². The molecule has 1 aromatic rings. The van der Waals surface area contributed by atoms with Crippen LogP contribution in [-0.2, 0) is 0 Å². The molecule has 19 heavy (non-hydrogen) atoms. The number of ether oxygens (including phenoxy) is 1. The van der Waals surface area contributed by atoms with Gasteiger partial charge in [-0.25, -0.2) is 0 Å². The van der Waals surface area contributed by atoms with E-state index in [9.17, 15) is 0 Å². The SMILES string of the molecule is CC(C)Oc1ccc(NCC2CCCCC2)cc1Cl. The average molecular weight is 282 g/mol. The van der Waals surface area contributed by atoms with Gasteiger partial charge in [0.25, 0.3) is 0 Å². The van der Waals surface area contributed by atoms with Crippen molar-refractivity contribution < 1.29 is 4.74 Å². The molecule has 1 aliphatic carbocycles. The Kier molecular flexibility index (Phi) is 5.38. The Morgan fingerprint density at radius 2 is 2.00 bits per heavy atom. The number of hydrogen-bond donors (Lipinski definition) is 1. The second kappa shape index (κ2) is 7.04. The highest BCUT2D eigenvalue weighted by atomic mass is 35.5. The lowest BCUT2D eigenvalue weighted by Crippen LogP contribution is -2.17. The van der Waals surface area contributed by atoms with Crippen LogP contribution < -0.4 is 10.1 Å². The minimum Gasteiger partial charge on any atom is -0.489 e. The Balaban J connectivity index is 1.88. The minimum absolute atomic E-state index is 0.151. The van der Waals surface area contributed by atoms with Gasteiger partial charge in [-0.3, -0.25) is 0 Å². The lowest BCUT2D eigenvalue weighted by Gasteiger charge is -2.22. The normalized spacial score (nSPS) is 16.6. The van der Waals surface area contributed by atoms with Crippen LogP contribution in [0.4, 0.5) is 5.69 Å². The van der Waals surface area contributed by atoms with Crippen LogP contribution in [0.25, 0.3) is 0 Å². The van der Waals surface area contributed by atoms with Gasteiger partial charge in [0.05, 0.1) is 11.1 Å². The van der Waals surface area contributed by atoms with Gasteiger partial charge < -0.3 is 10.1 Å². The van der Waals surface area contributed by atoms with E-state index in [-0.39, 0.29) is 6.10 Å². The molecule has 0 atom stereocenters. The van der Waals surface area contributed by atoms with E-state index in [0.717, 1.165) is 23.9 Å². The Morgan fingerprint density at radius 1 is 1.26 bits per heavy atom. The molecule has 1 fully saturated rings. The fraction of sp³-hybridized carbons (Fsp3) is 0.625. The van der Waals surface area contributed by atoms with Crippen LogP contribution in [0.15, 0.2) is 18.2 Å². The maximum atomic E-state index is 6.23.